The van der Waals surface area contributed by atoms with Crippen LogP contribution < -0.4 is 10.1 Å². The number of ether oxygens (including phenoxy) is 1. The molecular weight excluding hydrogens is 310 g/mol. The smallest absolute Gasteiger partial charge is 0.252 e. The van der Waals surface area contributed by atoms with Crippen molar-refractivity contribution in [2.45, 2.75) is 34.2 Å². The molecule has 3 heteroatoms. The highest BCUT2D eigenvalue weighted by atomic mass is 16.5. The summed E-state index contributed by atoms with van der Waals surface area (Å²) in [6.07, 6.45) is 0. The van der Waals surface area contributed by atoms with Crippen LogP contribution in [0.4, 0.5) is 0 Å². The molecule has 0 aliphatic rings. The molecule has 0 fully saturated rings. The predicted octanol–water partition coefficient (Wildman–Crippen LogP) is 4.33. The first-order valence-corrected chi connectivity index (χ1v) is 8.33. The topological polar surface area (TPSA) is 38.3 Å². The molecule has 130 valence electrons. The second-order valence-corrected chi connectivity index (χ2v) is 7.08. The van der Waals surface area contributed by atoms with Gasteiger partial charge in [0.25, 0.3) is 5.91 Å². The molecule has 3 nitrogen and oxygen atoms in total. The molecule has 0 atom stereocenters. The van der Waals surface area contributed by atoms with E-state index in [0.29, 0.717) is 12.1 Å². The van der Waals surface area contributed by atoms with Crippen LogP contribution in [0, 0.1) is 24.2 Å². The number of methoxy groups -OCH3 is 1. The Bertz CT molecular complexity index is 803. The standard InChI is InChI=1S/C22H25NO2/c1-16-6-9-18(12-13-22(2,3)4)20(14-16)21(24)23-15-17-7-10-19(25-5)11-8-17/h6-11,14H,15H2,1-5H3,(H,23,24). The van der Waals surface area contributed by atoms with Gasteiger partial charge in [-0.1, -0.05) is 35.6 Å². The van der Waals surface area contributed by atoms with Gasteiger partial charge in [0.05, 0.1) is 12.7 Å². The van der Waals surface area contributed by atoms with Crippen LogP contribution in [0.25, 0.3) is 0 Å². The number of amides is 1. The number of hydrogen-bond acceptors (Lipinski definition) is 2. The van der Waals surface area contributed by atoms with E-state index in [9.17, 15) is 4.79 Å². The Kier molecular flexibility index (Phi) is 5.88. The van der Waals surface area contributed by atoms with E-state index in [1.807, 2.05) is 49.4 Å². The van der Waals surface area contributed by atoms with Gasteiger partial charge in [-0.05, 0) is 57.5 Å². The van der Waals surface area contributed by atoms with Gasteiger partial charge in [0.2, 0.25) is 0 Å². The van der Waals surface area contributed by atoms with Crippen molar-refractivity contribution < 1.29 is 9.53 Å². The summed E-state index contributed by atoms with van der Waals surface area (Å²) in [6, 6.07) is 13.4. The lowest BCUT2D eigenvalue weighted by atomic mass is 9.96. The molecule has 0 aliphatic heterocycles. The minimum Gasteiger partial charge on any atom is -0.497 e. The van der Waals surface area contributed by atoms with Crippen LogP contribution in [0.1, 0.15) is 47.8 Å². The molecule has 1 N–H and O–H groups in total. The van der Waals surface area contributed by atoms with Crippen LogP contribution in [-0.4, -0.2) is 13.0 Å². The lowest BCUT2D eigenvalue weighted by Crippen LogP contribution is -2.23. The zero-order chi connectivity index (χ0) is 18.4. The quantitative estimate of drug-likeness (QED) is 0.845. The molecular formula is C22H25NO2. The number of nitrogens with one attached hydrogen (secondary N) is 1. The van der Waals surface area contributed by atoms with Gasteiger partial charge in [-0.3, -0.25) is 4.79 Å². The summed E-state index contributed by atoms with van der Waals surface area (Å²) in [4.78, 5) is 12.6. The maximum absolute atomic E-state index is 12.6. The maximum Gasteiger partial charge on any atom is 0.252 e. The highest BCUT2D eigenvalue weighted by molar-refractivity contribution is 5.96. The Morgan fingerprint density at radius 2 is 1.80 bits per heavy atom. The summed E-state index contributed by atoms with van der Waals surface area (Å²) < 4.78 is 5.14. The maximum atomic E-state index is 12.6. The van der Waals surface area contributed by atoms with Crippen LogP contribution in [-0.2, 0) is 6.54 Å². The number of benzene rings is 2. The zero-order valence-electron chi connectivity index (χ0n) is 15.6. The Labute approximate surface area is 150 Å². The van der Waals surface area contributed by atoms with Crippen LogP contribution >= 0.6 is 0 Å². The van der Waals surface area contributed by atoms with Gasteiger partial charge in [0, 0.05) is 17.5 Å². The predicted molar refractivity (Wildman–Crippen MR) is 102 cm³/mol. The van der Waals surface area contributed by atoms with Crippen molar-refractivity contribution in [3.05, 3.63) is 64.7 Å². The number of aryl methyl sites for hydroxylation is 1. The van der Waals surface area contributed by atoms with Gasteiger partial charge in [0.15, 0.2) is 0 Å². The molecule has 0 saturated carbocycles. The lowest BCUT2D eigenvalue weighted by Gasteiger charge is -2.10. The molecule has 0 aliphatic carbocycles. The normalized spacial score (nSPS) is 10.6. The van der Waals surface area contributed by atoms with Crippen molar-refractivity contribution in [3.8, 4) is 17.6 Å². The zero-order valence-corrected chi connectivity index (χ0v) is 15.6. The lowest BCUT2D eigenvalue weighted by molar-refractivity contribution is 0.0950. The number of carbonyl (C=O) groups excluding carboxylic acids is 1. The molecule has 0 saturated heterocycles. The Hall–Kier alpha value is -2.73. The Morgan fingerprint density at radius 1 is 1.12 bits per heavy atom. The summed E-state index contributed by atoms with van der Waals surface area (Å²) in [5.41, 5.74) is 3.32. The highest BCUT2D eigenvalue weighted by Gasteiger charge is 2.11. The Morgan fingerprint density at radius 3 is 2.40 bits per heavy atom. The van der Waals surface area contributed by atoms with Crippen LogP contribution in [0.2, 0.25) is 0 Å². The van der Waals surface area contributed by atoms with Crippen molar-refractivity contribution in [2.24, 2.45) is 5.41 Å². The fourth-order valence-electron chi connectivity index (χ4n) is 2.23. The van der Waals surface area contributed by atoms with Gasteiger partial charge in [-0.15, -0.1) is 0 Å². The van der Waals surface area contributed by atoms with E-state index in [2.05, 4.69) is 37.9 Å². The van der Waals surface area contributed by atoms with Gasteiger partial charge < -0.3 is 10.1 Å². The molecule has 2 aromatic rings. The molecule has 0 radical (unpaired) electrons. The molecule has 2 rings (SSSR count). The fraction of sp³-hybridized carbons (Fsp3) is 0.318. The van der Waals surface area contributed by atoms with E-state index >= 15 is 0 Å². The largest absolute Gasteiger partial charge is 0.497 e. The van der Waals surface area contributed by atoms with Gasteiger partial charge in [-0.25, -0.2) is 0 Å². The molecule has 25 heavy (non-hydrogen) atoms. The fourth-order valence-corrected chi connectivity index (χ4v) is 2.23. The average molecular weight is 335 g/mol. The number of hydrogen-bond donors (Lipinski definition) is 1. The third kappa shape index (κ3) is 5.69. The SMILES string of the molecule is COc1ccc(CNC(=O)c2cc(C)ccc2C#CC(C)(C)C)cc1. The van der Waals surface area contributed by atoms with E-state index in [1.165, 1.54) is 0 Å². The summed E-state index contributed by atoms with van der Waals surface area (Å²) in [6.45, 7) is 8.59. The summed E-state index contributed by atoms with van der Waals surface area (Å²) in [7, 11) is 1.63. The van der Waals surface area contributed by atoms with E-state index in [-0.39, 0.29) is 11.3 Å². The van der Waals surface area contributed by atoms with E-state index < -0.39 is 0 Å². The Balaban J connectivity index is 2.16. The van der Waals surface area contributed by atoms with Crippen LogP contribution in [0.15, 0.2) is 42.5 Å². The summed E-state index contributed by atoms with van der Waals surface area (Å²) >= 11 is 0. The first-order valence-electron chi connectivity index (χ1n) is 8.33. The summed E-state index contributed by atoms with van der Waals surface area (Å²) in [5.74, 6) is 7.03. The van der Waals surface area contributed by atoms with Crippen molar-refractivity contribution in [1.82, 2.24) is 5.32 Å². The van der Waals surface area contributed by atoms with Crippen molar-refractivity contribution in [1.29, 1.82) is 0 Å². The average Bonchev–Trinajstić information content (AvgIpc) is 2.58. The highest BCUT2D eigenvalue weighted by Crippen LogP contribution is 2.15. The second-order valence-electron chi connectivity index (χ2n) is 7.08. The second kappa shape index (κ2) is 7.90. The van der Waals surface area contributed by atoms with Crippen molar-refractivity contribution in [3.63, 3.8) is 0 Å². The minimum atomic E-state index is -0.113. The molecule has 0 aromatic heterocycles. The molecule has 0 unspecified atom stereocenters. The van der Waals surface area contributed by atoms with E-state index in [4.69, 9.17) is 4.74 Å². The first-order chi connectivity index (χ1) is 11.8. The number of rotatable bonds is 4. The molecule has 0 bridgehead atoms. The molecule has 1 amide bonds. The van der Waals surface area contributed by atoms with Crippen molar-refractivity contribution in [2.75, 3.05) is 7.11 Å². The van der Waals surface area contributed by atoms with E-state index in [1.54, 1.807) is 7.11 Å². The monoisotopic (exact) mass is 335 g/mol. The van der Waals surface area contributed by atoms with Crippen molar-refractivity contribution >= 4 is 5.91 Å². The van der Waals surface area contributed by atoms with Crippen LogP contribution in [0.5, 0.6) is 5.75 Å². The third-order valence-corrected chi connectivity index (χ3v) is 3.60. The molecule has 2 aromatic carbocycles. The molecule has 0 heterocycles. The first kappa shape index (κ1) is 18.6. The van der Waals surface area contributed by atoms with Crippen LogP contribution in [0.3, 0.4) is 0 Å². The number of carbonyl (C=O) groups is 1. The summed E-state index contributed by atoms with van der Waals surface area (Å²) in [5, 5.41) is 2.97. The van der Waals surface area contributed by atoms with Gasteiger partial charge in [-0.2, -0.15) is 0 Å². The van der Waals surface area contributed by atoms with Gasteiger partial charge >= 0.3 is 0 Å². The third-order valence-electron chi connectivity index (χ3n) is 3.60. The van der Waals surface area contributed by atoms with E-state index in [0.717, 1.165) is 22.4 Å². The van der Waals surface area contributed by atoms with Gasteiger partial charge in [0.1, 0.15) is 5.75 Å². The molecule has 0 spiro atoms. The minimum absolute atomic E-state index is 0.109.